The van der Waals surface area contributed by atoms with E-state index < -0.39 is 0 Å². The first kappa shape index (κ1) is 11.3. The van der Waals surface area contributed by atoms with Crippen molar-refractivity contribution in [3.8, 4) is 0 Å². The molecule has 1 aromatic rings. The summed E-state index contributed by atoms with van der Waals surface area (Å²) in [5.41, 5.74) is 6.69. The minimum absolute atomic E-state index is 0.0195. The number of anilines is 1. The van der Waals surface area contributed by atoms with Gasteiger partial charge in [0.1, 0.15) is 5.82 Å². The summed E-state index contributed by atoms with van der Waals surface area (Å²) in [7, 11) is 0. The van der Waals surface area contributed by atoms with Crippen LogP contribution in [0.15, 0.2) is 18.3 Å². The van der Waals surface area contributed by atoms with E-state index in [1.54, 1.807) is 6.20 Å². The molecule has 88 valence electrons. The average molecular weight is 223 g/mol. The highest BCUT2D eigenvalue weighted by atomic mass is 16.5. The fraction of sp³-hybridized carbons (Fsp3) is 0.545. The molecule has 1 saturated heterocycles. The van der Waals surface area contributed by atoms with Gasteiger partial charge in [0.2, 0.25) is 0 Å². The van der Waals surface area contributed by atoms with Crippen molar-refractivity contribution in [3.63, 3.8) is 0 Å². The normalized spacial score (nSPS) is 21.1. The van der Waals surface area contributed by atoms with E-state index >= 15 is 0 Å². The van der Waals surface area contributed by atoms with E-state index in [0.717, 1.165) is 17.9 Å². The molecule has 2 heterocycles. The van der Waals surface area contributed by atoms with E-state index in [0.29, 0.717) is 19.8 Å². The molecule has 0 aromatic carbocycles. The number of hydrogen-bond acceptors (Lipinski definition) is 5. The summed E-state index contributed by atoms with van der Waals surface area (Å²) in [6, 6.07) is 3.82. The van der Waals surface area contributed by atoms with Crippen molar-refractivity contribution in [1.82, 2.24) is 4.98 Å². The molecule has 1 aliphatic heterocycles. The summed E-state index contributed by atoms with van der Waals surface area (Å²) in [5.74, 6) is 0.868. The van der Waals surface area contributed by atoms with Gasteiger partial charge in [0.05, 0.1) is 25.9 Å². The van der Waals surface area contributed by atoms with E-state index in [1.807, 2.05) is 12.1 Å². The lowest BCUT2D eigenvalue weighted by Gasteiger charge is -2.36. The van der Waals surface area contributed by atoms with Gasteiger partial charge in [-0.1, -0.05) is 6.07 Å². The van der Waals surface area contributed by atoms with Crippen molar-refractivity contribution in [2.75, 3.05) is 31.3 Å². The van der Waals surface area contributed by atoms with Crippen LogP contribution < -0.4 is 10.6 Å². The molecule has 1 aliphatic rings. The quantitative estimate of drug-likeness (QED) is 0.738. The molecule has 2 rings (SSSR count). The highest BCUT2D eigenvalue weighted by Gasteiger charge is 2.24. The third kappa shape index (κ3) is 2.16. The minimum Gasteiger partial charge on any atom is -0.394 e. The predicted octanol–water partition coefficient (Wildman–Crippen LogP) is -0.262. The first-order valence-corrected chi connectivity index (χ1v) is 5.46. The second kappa shape index (κ2) is 5.25. The fourth-order valence-electron chi connectivity index (χ4n) is 1.93. The number of aliphatic hydroxyl groups is 1. The second-order valence-electron chi connectivity index (χ2n) is 3.79. The van der Waals surface area contributed by atoms with Gasteiger partial charge < -0.3 is 20.5 Å². The largest absolute Gasteiger partial charge is 0.394 e. The number of pyridine rings is 1. The predicted molar refractivity (Wildman–Crippen MR) is 61.2 cm³/mol. The van der Waals surface area contributed by atoms with Gasteiger partial charge in [0, 0.05) is 24.8 Å². The van der Waals surface area contributed by atoms with Gasteiger partial charge in [-0.25, -0.2) is 4.98 Å². The molecule has 1 unspecified atom stereocenters. The lowest BCUT2D eigenvalue weighted by Crippen LogP contribution is -2.48. The lowest BCUT2D eigenvalue weighted by molar-refractivity contribution is 0.0722. The van der Waals surface area contributed by atoms with Crippen molar-refractivity contribution in [2.45, 2.75) is 12.6 Å². The van der Waals surface area contributed by atoms with E-state index in [9.17, 15) is 5.11 Å². The van der Waals surface area contributed by atoms with E-state index in [4.69, 9.17) is 10.5 Å². The Hall–Kier alpha value is -1.17. The van der Waals surface area contributed by atoms with Crippen LogP contribution in [0.5, 0.6) is 0 Å². The summed E-state index contributed by atoms with van der Waals surface area (Å²) in [6.07, 6.45) is 1.75. The third-order valence-electron chi connectivity index (χ3n) is 2.80. The summed E-state index contributed by atoms with van der Waals surface area (Å²) < 4.78 is 5.34. The van der Waals surface area contributed by atoms with Crippen LogP contribution in [0.25, 0.3) is 0 Å². The molecular weight excluding hydrogens is 206 g/mol. The molecule has 1 atom stereocenters. The van der Waals surface area contributed by atoms with Crippen LogP contribution in [-0.4, -0.2) is 42.5 Å². The zero-order valence-corrected chi connectivity index (χ0v) is 9.17. The number of aromatic nitrogens is 1. The molecular formula is C11H17N3O2. The van der Waals surface area contributed by atoms with Gasteiger partial charge in [-0.15, -0.1) is 0 Å². The summed E-state index contributed by atoms with van der Waals surface area (Å²) in [4.78, 5) is 6.43. The highest BCUT2D eigenvalue weighted by molar-refractivity contribution is 5.48. The molecule has 0 amide bonds. The summed E-state index contributed by atoms with van der Waals surface area (Å²) >= 11 is 0. The number of nitrogens with two attached hydrogens (primary N) is 1. The Morgan fingerprint density at radius 1 is 1.62 bits per heavy atom. The maximum atomic E-state index is 9.31. The summed E-state index contributed by atoms with van der Waals surface area (Å²) in [6.45, 7) is 2.47. The smallest absolute Gasteiger partial charge is 0.133 e. The Kier molecular flexibility index (Phi) is 3.71. The molecule has 0 aliphatic carbocycles. The van der Waals surface area contributed by atoms with Gasteiger partial charge in [0.25, 0.3) is 0 Å². The maximum Gasteiger partial charge on any atom is 0.133 e. The molecule has 3 N–H and O–H groups in total. The SMILES string of the molecule is NCc1cccnc1N1CCOCC1CO. The van der Waals surface area contributed by atoms with Crippen LogP contribution in [0.4, 0.5) is 5.82 Å². The molecule has 16 heavy (non-hydrogen) atoms. The molecule has 0 saturated carbocycles. The van der Waals surface area contributed by atoms with Gasteiger partial charge in [-0.3, -0.25) is 0 Å². The van der Waals surface area contributed by atoms with Gasteiger partial charge in [0.15, 0.2) is 0 Å². The Morgan fingerprint density at radius 2 is 2.50 bits per heavy atom. The average Bonchev–Trinajstić information content (AvgIpc) is 2.38. The second-order valence-corrected chi connectivity index (χ2v) is 3.79. The summed E-state index contributed by atoms with van der Waals surface area (Å²) in [5, 5.41) is 9.31. The highest BCUT2D eigenvalue weighted by Crippen LogP contribution is 2.21. The molecule has 0 radical (unpaired) electrons. The molecule has 0 spiro atoms. The zero-order valence-electron chi connectivity index (χ0n) is 9.17. The van der Waals surface area contributed by atoms with E-state index in [-0.39, 0.29) is 12.6 Å². The van der Waals surface area contributed by atoms with Crippen molar-refractivity contribution >= 4 is 5.82 Å². The molecule has 1 fully saturated rings. The van der Waals surface area contributed by atoms with Crippen LogP contribution >= 0.6 is 0 Å². The van der Waals surface area contributed by atoms with Crippen LogP contribution in [0, 0.1) is 0 Å². The van der Waals surface area contributed by atoms with Crippen LogP contribution in [-0.2, 0) is 11.3 Å². The van der Waals surface area contributed by atoms with Crippen molar-refractivity contribution < 1.29 is 9.84 Å². The number of hydrogen-bond donors (Lipinski definition) is 2. The number of nitrogens with zero attached hydrogens (tertiary/aromatic N) is 2. The lowest BCUT2D eigenvalue weighted by atomic mass is 10.2. The number of ether oxygens (including phenoxy) is 1. The molecule has 5 nitrogen and oxygen atoms in total. The minimum atomic E-state index is -0.0195. The van der Waals surface area contributed by atoms with Crippen LogP contribution in [0.1, 0.15) is 5.56 Å². The molecule has 1 aromatic heterocycles. The fourth-order valence-corrected chi connectivity index (χ4v) is 1.93. The Labute approximate surface area is 94.8 Å². The number of aliphatic hydroxyl groups excluding tert-OH is 1. The van der Waals surface area contributed by atoms with Gasteiger partial charge in [-0.2, -0.15) is 0 Å². The number of rotatable bonds is 3. The van der Waals surface area contributed by atoms with Crippen LogP contribution in [0.3, 0.4) is 0 Å². The van der Waals surface area contributed by atoms with Gasteiger partial charge in [-0.05, 0) is 6.07 Å². The maximum absolute atomic E-state index is 9.31. The number of morpholine rings is 1. The Balaban J connectivity index is 2.26. The third-order valence-corrected chi connectivity index (χ3v) is 2.80. The monoisotopic (exact) mass is 223 g/mol. The van der Waals surface area contributed by atoms with E-state index in [1.165, 1.54) is 0 Å². The van der Waals surface area contributed by atoms with Crippen molar-refractivity contribution in [1.29, 1.82) is 0 Å². The zero-order chi connectivity index (χ0) is 11.4. The molecule has 5 heteroatoms. The Morgan fingerprint density at radius 3 is 3.25 bits per heavy atom. The van der Waals surface area contributed by atoms with E-state index in [2.05, 4.69) is 9.88 Å². The van der Waals surface area contributed by atoms with Crippen molar-refractivity contribution in [3.05, 3.63) is 23.9 Å². The standard InChI is InChI=1S/C11H17N3O2/c12-6-9-2-1-3-13-11(9)14-4-5-16-8-10(14)7-15/h1-3,10,15H,4-8,12H2. The first-order valence-electron chi connectivity index (χ1n) is 5.46. The first-order chi connectivity index (χ1) is 7.86. The molecule has 0 bridgehead atoms. The van der Waals surface area contributed by atoms with Crippen molar-refractivity contribution in [2.24, 2.45) is 5.73 Å². The Bertz CT molecular complexity index is 346. The van der Waals surface area contributed by atoms with Gasteiger partial charge >= 0.3 is 0 Å². The topological polar surface area (TPSA) is 71.6 Å². The van der Waals surface area contributed by atoms with Crippen LogP contribution in [0.2, 0.25) is 0 Å².